The van der Waals surface area contributed by atoms with Gasteiger partial charge in [-0.25, -0.2) is 8.78 Å². The van der Waals surface area contributed by atoms with Crippen molar-refractivity contribution in [2.24, 2.45) is 5.73 Å². The highest BCUT2D eigenvalue weighted by Gasteiger charge is 2.20. The summed E-state index contributed by atoms with van der Waals surface area (Å²) in [6, 6.07) is 3.50. The summed E-state index contributed by atoms with van der Waals surface area (Å²) in [6.07, 6.45) is 0.979. The summed E-state index contributed by atoms with van der Waals surface area (Å²) in [5.74, 6) is -1.07. The second-order valence-corrected chi connectivity index (χ2v) is 4.05. The molecule has 0 bridgehead atoms. The Hall–Kier alpha value is -1.00. The Morgan fingerprint density at radius 2 is 2.00 bits per heavy atom. The summed E-state index contributed by atoms with van der Waals surface area (Å²) in [5, 5.41) is 0. The van der Waals surface area contributed by atoms with Gasteiger partial charge in [-0.05, 0) is 25.6 Å². The van der Waals surface area contributed by atoms with E-state index in [0.717, 1.165) is 25.6 Å². The molecule has 0 heterocycles. The molecule has 0 aliphatic carbocycles. The van der Waals surface area contributed by atoms with Gasteiger partial charge in [0, 0.05) is 24.2 Å². The molecule has 17 heavy (non-hydrogen) atoms. The third-order valence-electron chi connectivity index (χ3n) is 2.90. The van der Waals surface area contributed by atoms with E-state index in [1.165, 1.54) is 12.1 Å². The van der Waals surface area contributed by atoms with Gasteiger partial charge in [0.15, 0.2) is 0 Å². The summed E-state index contributed by atoms with van der Waals surface area (Å²) < 4.78 is 26.6. The molecule has 1 unspecified atom stereocenters. The van der Waals surface area contributed by atoms with Gasteiger partial charge in [0.2, 0.25) is 0 Å². The fourth-order valence-corrected chi connectivity index (χ4v) is 2.07. The molecule has 1 aromatic rings. The molecule has 0 saturated heterocycles. The highest BCUT2D eigenvalue weighted by atomic mass is 19.1. The van der Waals surface area contributed by atoms with Gasteiger partial charge in [-0.15, -0.1) is 0 Å². The molecule has 1 rings (SSSR count). The van der Waals surface area contributed by atoms with Crippen LogP contribution in [0.1, 0.15) is 31.9 Å². The Morgan fingerprint density at radius 1 is 1.29 bits per heavy atom. The van der Waals surface area contributed by atoms with Gasteiger partial charge in [0.25, 0.3) is 0 Å². The highest BCUT2D eigenvalue weighted by Crippen LogP contribution is 2.23. The van der Waals surface area contributed by atoms with Gasteiger partial charge >= 0.3 is 0 Å². The second kappa shape index (κ2) is 6.67. The average Bonchev–Trinajstić information content (AvgIpc) is 2.31. The van der Waals surface area contributed by atoms with Gasteiger partial charge in [-0.2, -0.15) is 0 Å². The molecule has 0 spiro atoms. The normalized spacial score (nSPS) is 13.1. The van der Waals surface area contributed by atoms with Crippen LogP contribution in [0.25, 0.3) is 0 Å². The molecule has 2 nitrogen and oxygen atoms in total. The van der Waals surface area contributed by atoms with Crippen LogP contribution in [-0.2, 0) is 0 Å². The number of hydrogen-bond donors (Lipinski definition) is 1. The molecule has 0 fully saturated rings. The molecule has 0 aliphatic rings. The monoisotopic (exact) mass is 242 g/mol. The van der Waals surface area contributed by atoms with Crippen molar-refractivity contribution in [2.45, 2.75) is 26.3 Å². The maximum Gasteiger partial charge on any atom is 0.130 e. The Bertz CT molecular complexity index is 355. The lowest BCUT2D eigenvalue weighted by Gasteiger charge is -2.30. The molecular weight excluding hydrogens is 222 g/mol. The van der Waals surface area contributed by atoms with E-state index in [4.69, 9.17) is 5.73 Å². The van der Waals surface area contributed by atoms with Crippen LogP contribution in [0.15, 0.2) is 18.2 Å². The molecule has 0 aromatic heterocycles. The number of nitrogens with two attached hydrogens (primary N) is 1. The smallest absolute Gasteiger partial charge is 0.130 e. The topological polar surface area (TPSA) is 29.3 Å². The molecule has 0 saturated carbocycles. The fraction of sp³-hybridized carbons (Fsp3) is 0.538. The lowest BCUT2D eigenvalue weighted by Crippen LogP contribution is -2.34. The van der Waals surface area contributed by atoms with Crippen molar-refractivity contribution in [2.75, 3.05) is 19.6 Å². The Morgan fingerprint density at radius 3 is 2.47 bits per heavy atom. The van der Waals surface area contributed by atoms with Crippen LogP contribution in [0.3, 0.4) is 0 Å². The van der Waals surface area contributed by atoms with Crippen LogP contribution in [0, 0.1) is 11.6 Å². The molecule has 4 heteroatoms. The van der Waals surface area contributed by atoms with Gasteiger partial charge in [0.1, 0.15) is 11.6 Å². The first-order valence-corrected chi connectivity index (χ1v) is 6.03. The average molecular weight is 242 g/mol. The lowest BCUT2D eigenvalue weighted by molar-refractivity contribution is 0.208. The standard InChI is InChI=1S/C13H20F2N2/c1-3-7-17(4-2)13(9-16)11-6-5-10(14)8-12(11)15/h5-6,8,13H,3-4,7,9,16H2,1-2H3. The minimum atomic E-state index is -0.555. The van der Waals surface area contributed by atoms with Crippen LogP contribution < -0.4 is 5.73 Å². The van der Waals surface area contributed by atoms with Crippen molar-refractivity contribution >= 4 is 0 Å². The molecule has 0 amide bonds. The molecular formula is C13H20F2N2. The second-order valence-electron chi connectivity index (χ2n) is 4.05. The highest BCUT2D eigenvalue weighted by molar-refractivity contribution is 5.22. The maximum absolute atomic E-state index is 13.7. The van der Waals surface area contributed by atoms with Crippen molar-refractivity contribution < 1.29 is 8.78 Å². The van der Waals surface area contributed by atoms with Crippen LogP contribution in [-0.4, -0.2) is 24.5 Å². The van der Waals surface area contributed by atoms with Crippen molar-refractivity contribution in [3.05, 3.63) is 35.4 Å². The molecule has 1 aromatic carbocycles. The van der Waals surface area contributed by atoms with E-state index in [9.17, 15) is 8.78 Å². The summed E-state index contributed by atoms with van der Waals surface area (Å²) in [5.41, 5.74) is 6.19. The van der Waals surface area contributed by atoms with Crippen LogP contribution in [0.5, 0.6) is 0 Å². The van der Waals surface area contributed by atoms with E-state index < -0.39 is 11.6 Å². The Balaban J connectivity index is 2.99. The van der Waals surface area contributed by atoms with Crippen LogP contribution >= 0.6 is 0 Å². The number of benzene rings is 1. The summed E-state index contributed by atoms with van der Waals surface area (Å²) >= 11 is 0. The van der Waals surface area contributed by atoms with Crippen LogP contribution in [0.2, 0.25) is 0 Å². The summed E-state index contributed by atoms with van der Waals surface area (Å²) in [4.78, 5) is 2.11. The minimum Gasteiger partial charge on any atom is -0.329 e. The molecule has 0 radical (unpaired) electrons. The molecule has 0 aliphatic heterocycles. The third kappa shape index (κ3) is 3.48. The van der Waals surface area contributed by atoms with E-state index in [0.29, 0.717) is 12.1 Å². The van der Waals surface area contributed by atoms with Gasteiger partial charge in [-0.3, -0.25) is 4.90 Å². The molecule has 2 N–H and O–H groups in total. The predicted molar refractivity (Wildman–Crippen MR) is 65.7 cm³/mol. The first kappa shape index (κ1) is 14.1. The largest absolute Gasteiger partial charge is 0.329 e. The number of halogens is 2. The van der Waals surface area contributed by atoms with E-state index in [2.05, 4.69) is 11.8 Å². The number of rotatable bonds is 6. The zero-order valence-corrected chi connectivity index (χ0v) is 10.4. The minimum absolute atomic E-state index is 0.180. The predicted octanol–water partition coefficient (Wildman–Crippen LogP) is 2.70. The van der Waals surface area contributed by atoms with Gasteiger partial charge < -0.3 is 5.73 Å². The summed E-state index contributed by atoms with van der Waals surface area (Å²) in [7, 11) is 0. The first-order chi connectivity index (χ1) is 8.13. The Labute approximate surface area is 101 Å². The first-order valence-electron chi connectivity index (χ1n) is 6.03. The van der Waals surface area contributed by atoms with Crippen molar-refractivity contribution in [3.8, 4) is 0 Å². The van der Waals surface area contributed by atoms with Crippen LogP contribution in [0.4, 0.5) is 8.78 Å². The lowest BCUT2D eigenvalue weighted by atomic mass is 10.0. The van der Waals surface area contributed by atoms with Gasteiger partial charge in [0.05, 0.1) is 0 Å². The zero-order valence-electron chi connectivity index (χ0n) is 10.4. The quantitative estimate of drug-likeness (QED) is 0.831. The fourth-order valence-electron chi connectivity index (χ4n) is 2.07. The van der Waals surface area contributed by atoms with E-state index in [-0.39, 0.29) is 6.04 Å². The van der Waals surface area contributed by atoms with E-state index in [1.807, 2.05) is 6.92 Å². The maximum atomic E-state index is 13.7. The van der Waals surface area contributed by atoms with E-state index in [1.54, 1.807) is 0 Å². The molecule has 96 valence electrons. The van der Waals surface area contributed by atoms with Crippen molar-refractivity contribution in [3.63, 3.8) is 0 Å². The van der Waals surface area contributed by atoms with Crippen molar-refractivity contribution in [1.29, 1.82) is 0 Å². The molecule has 1 atom stereocenters. The van der Waals surface area contributed by atoms with E-state index >= 15 is 0 Å². The number of likely N-dealkylation sites (N-methyl/N-ethyl adjacent to an activating group) is 1. The van der Waals surface area contributed by atoms with Crippen molar-refractivity contribution in [1.82, 2.24) is 4.90 Å². The zero-order chi connectivity index (χ0) is 12.8. The number of hydrogen-bond acceptors (Lipinski definition) is 2. The Kier molecular flexibility index (Phi) is 5.51. The summed E-state index contributed by atoms with van der Waals surface area (Å²) in [6.45, 7) is 6.06. The number of nitrogens with zero attached hydrogens (tertiary/aromatic N) is 1. The SMILES string of the molecule is CCCN(CC)C(CN)c1ccc(F)cc1F. The third-order valence-corrected chi connectivity index (χ3v) is 2.90. The van der Waals surface area contributed by atoms with Gasteiger partial charge in [-0.1, -0.05) is 19.9 Å².